The van der Waals surface area contributed by atoms with Crippen molar-refractivity contribution in [2.75, 3.05) is 37.6 Å². The fraction of sp³-hybridized carbons (Fsp3) is 0.368. The number of rotatable bonds is 4. The second kappa shape index (κ2) is 7.45. The van der Waals surface area contributed by atoms with Crippen LogP contribution in [0.4, 0.5) is 5.95 Å². The molecule has 1 N–H and O–H groups in total. The van der Waals surface area contributed by atoms with Crippen molar-refractivity contribution in [1.82, 2.24) is 14.9 Å². The Morgan fingerprint density at radius 3 is 2.72 bits per heavy atom. The number of hydrogen-bond acceptors (Lipinski definition) is 5. The van der Waals surface area contributed by atoms with Gasteiger partial charge in [0, 0.05) is 49.8 Å². The van der Waals surface area contributed by atoms with Crippen LogP contribution in [0.25, 0.3) is 6.08 Å². The van der Waals surface area contributed by atoms with Crippen molar-refractivity contribution in [2.45, 2.75) is 11.5 Å². The number of hydrogen-bond donors (Lipinski definition) is 1. The quantitative estimate of drug-likeness (QED) is 0.913. The number of fused-ring (bicyclic) bond motifs is 1. The fourth-order valence-electron chi connectivity index (χ4n) is 3.24. The lowest BCUT2D eigenvalue weighted by atomic mass is 10.2. The van der Waals surface area contributed by atoms with Crippen molar-refractivity contribution in [1.29, 1.82) is 0 Å². The standard InChI is InChI=1S/C19H22N4OS/c24-18-16-13-25-14-17(16)20-19(21-18)23-11-9-22(10-12-23)8-4-7-15-5-2-1-3-6-15/h1-7H,8-14H2,(H,20,21,24)/b7-4+. The molecule has 5 nitrogen and oxygen atoms in total. The molecule has 1 saturated heterocycles. The lowest BCUT2D eigenvalue weighted by Crippen LogP contribution is -2.47. The summed E-state index contributed by atoms with van der Waals surface area (Å²) >= 11 is 1.76. The van der Waals surface area contributed by atoms with Gasteiger partial charge in [0.25, 0.3) is 5.56 Å². The van der Waals surface area contributed by atoms with Crippen LogP contribution in [0.3, 0.4) is 0 Å². The van der Waals surface area contributed by atoms with Crippen LogP contribution in [0.2, 0.25) is 0 Å². The summed E-state index contributed by atoms with van der Waals surface area (Å²) in [5, 5.41) is 0. The van der Waals surface area contributed by atoms with E-state index < -0.39 is 0 Å². The van der Waals surface area contributed by atoms with Gasteiger partial charge in [-0.05, 0) is 5.56 Å². The van der Waals surface area contributed by atoms with Crippen LogP contribution in [-0.2, 0) is 11.5 Å². The maximum atomic E-state index is 12.2. The van der Waals surface area contributed by atoms with Crippen LogP contribution in [0.1, 0.15) is 16.8 Å². The Morgan fingerprint density at radius 1 is 1.12 bits per heavy atom. The molecule has 0 radical (unpaired) electrons. The molecule has 3 heterocycles. The minimum absolute atomic E-state index is 0.0400. The molecule has 6 heteroatoms. The van der Waals surface area contributed by atoms with Gasteiger partial charge in [0.1, 0.15) is 0 Å². The van der Waals surface area contributed by atoms with Crippen molar-refractivity contribution in [3.8, 4) is 0 Å². The molecule has 1 aromatic carbocycles. The molecular formula is C19H22N4OS. The molecule has 0 atom stereocenters. The monoisotopic (exact) mass is 354 g/mol. The molecule has 0 aliphatic carbocycles. The molecule has 2 aliphatic heterocycles. The van der Waals surface area contributed by atoms with Crippen LogP contribution in [0.5, 0.6) is 0 Å². The zero-order valence-electron chi connectivity index (χ0n) is 14.1. The summed E-state index contributed by atoms with van der Waals surface area (Å²) in [7, 11) is 0. The van der Waals surface area contributed by atoms with Crippen molar-refractivity contribution >= 4 is 23.8 Å². The first-order valence-electron chi connectivity index (χ1n) is 8.68. The van der Waals surface area contributed by atoms with Crippen molar-refractivity contribution < 1.29 is 0 Å². The van der Waals surface area contributed by atoms with Gasteiger partial charge in [-0.1, -0.05) is 42.5 Å². The second-order valence-corrected chi connectivity index (χ2v) is 7.39. The summed E-state index contributed by atoms with van der Waals surface area (Å²) in [5.41, 5.74) is 3.10. The molecule has 2 aromatic rings. The van der Waals surface area contributed by atoms with Gasteiger partial charge in [-0.25, -0.2) is 4.98 Å². The lowest BCUT2D eigenvalue weighted by Gasteiger charge is -2.34. The van der Waals surface area contributed by atoms with Gasteiger partial charge >= 0.3 is 0 Å². The highest BCUT2D eigenvalue weighted by Gasteiger charge is 2.22. The Kier molecular flexibility index (Phi) is 4.90. The topological polar surface area (TPSA) is 52.2 Å². The number of nitrogens with one attached hydrogen (secondary N) is 1. The lowest BCUT2D eigenvalue weighted by molar-refractivity contribution is 0.283. The van der Waals surface area contributed by atoms with Gasteiger partial charge in [0.2, 0.25) is 5.95 Å². The van der Waals surface area contributed by atoms with Crippen LogP contribution in [-0.4, -0.2) is 47.6 Å². The normalized spacial score (nSPS) is 18.0. The molecule has 25 heavy (non-hydrogen) atoms. The second-order valence-electron chi connectivity index (χ2n) is 6.41. The number of thioether (sulfide) groups is 1. The number of anilines is 1. The van der Waals surface area contributed by atoms with Crippen molar-refractivity contribution in [3.05, 3.63) is 63.6 Å². The van der Waals surface area contributed by atoms with E-state index in [2.05, 4.69) is 56.2 Å². The fourth-order valence-corrected chi connectivity index (χ4v) is 4.28. The average molecular weight is 354 g/mol. The molecule has 0 spiro atoms. The van der Waals surface area contributed by atoms with Crippen molar-refractivity contribution in [2.24, 2.45) is 0 Å². The first-order valence-corrected chi connectivity index (χ1v) is 9.84. The summed E-state index contributed by atoms with van der Waals surface area (Å²) in [6.45, 7) is 4.71. The molecule has 4 rings (SSSR count). The van der Waals surface area contributed by atoms with E-state index in [9.17, 15) is 4.79 Å². The van der Waals surface area contributed by atoms with Crippen molar-refractivity contribution in [3.63, 3.8) is 0 Å². The SMILES string of the molecule is O=c1[nH]c(N2CCN(C/C=C/c3ccccc3)CC2)nc2c1CSC2. The van der Waals surface area contributed by atoms with E-state index in [-0.39, 0.29) is 5.56 Å². The summed E-state index contributed by atoms with van der Waals surface area (Å²) in [6, 6.07) is 10.4. The maximum absolute atomic E-state index is 12.2. The third-order valence-electron chi connectivity index (χ3n) is 4.72. The summed E-state index contributed by atoms with van der Waals surface area (Å²) < 4.78 is 0. The summed E-state index contributed by atoms with van der Waals surface area (Å²) in [6.07, 6.45) is 4.39. The average Bonchev–Trinajstić information content (AvgIpc) is 3.12. The first kappa shape index (κ1) is 16.4. The highest BCUT2D eigenvalue weighted by Crippen LogP contribution is 2.26. The summed E-state index contributed by atoms with van der Waals surface area (Å²) in [5.74, 6) is 2.39. The van der Waals surface area contributed by atoms with E-state index in [0.717, 1.165) is 61.4 Å². The summed E-state index contributed by atoms with van der Waals surface area (Å²) in [4.78, 5) is 24.4. The Bertz CT molecular complexity index is 810. The van der Waals surface area contributed by atoms with Crippen LogP contribution < -0.4 is 10.5 Å². The van der Waals surface area contributed by atoms with E-state index in [4.69, 9.17) is 0 Å². The number of piperazine rings is 1. The van der Waals surface area contributed by atoms with E-state index in [1.54, 1.807) is 11.8 Å². The van der Waals surface area contributed by atoms with Gasteiger partial charge in [-0.15, -0.1) is 0 Å². The molecule has 0 unspecified atom stereocenters. The third kappa shape index (κ3) is 3.80. The first-order chi connectivity index (χ1) is 12.3. The van der Waals surface area contributed by atoms with Gasteiger partial charge in [0.05, 0.1) is 5.69 Å². The van der Waals surface area contributed by atoms with Crippen LogP contribution in [0.15, 0.2) is 41.2 Å². The molecule has 1 fully saturated rings. The largest absolute Gasteiger partial charge is 0.340 e. The van der Waals surface area contributed by atoms with E-state index in [1.165, 1.54) is 5.56 Å². The highest BCUT2D eigenvalue weighted by molar-refractivity contribution is 7.98. The number of H-pyrrole nitrogens is 1. The molecule has 0 amide bonds. The third-order valence-corrected chi connectivity index (χ3v) is 5.69. The zero-order valence-corrected chi connectivity index (χ0v) is 15.0. The minimum atomic E-state index is 0.0400. The van der Waals surface area contributed by atoms with E-state index >= 15 is 0 Å². The van der Waals surface area contributed by atoms with Crippen LogP contribution in [0, 0.1) is 0 Å². The predicted molar refractivity (Wildman–Crippen MR) is 104 cm³/mol. The molecular weight excluding hydrogens is 332 g/mol. The zero-order chi connectivity index (χ0) is 17.1. The number of aromatic amines is 1. The van der Waals surface area contributed by atoms with Crippen LogP contribution >= 0.6 is 11.8 Å². The number of aromatic nitrogens is 2. The van der Waals surface area contributed by atoms with Gasteiger partial charge in [-0.3, -0.25) is 14.7 Å². The molecule has 1 aromatic heterocycles. The molecule has 2 aliphatic rings. The highest BCUT2D eigenvalue weighted by atomic mass is 32.2. The maximum Gasteiger partial charge on any atom is 0.256 e. The Morgan fingerprint density at radius 2 is 1.92 bits per heavy atom. The number of nitrogens with zero attached hydrogens (tertiary/aromatic N) is 3. The smallest absolute Gasteiger partial charge is 0.256 e. The molecule has 0 saturated carbocycles. The molecule has 0 bridgehead atoms. The van der Waals surface area contributed by atoms with Gasteiger partial charge in [-0.2, -0.15) is 11.8 Å². The molecule has 130 valence electrons. The van der Waals surface area contributed by atoms with E-state index in [1.807, 2.05) is 6.07 Å². The van der Waals surface area contributed by atoms with E-state index in [0.29, 0.717) is 0 Å². The number of benzene rings is 1. The van der Waals surface area contributed by atoms with Gasteiger partial charge < -0.3 is 4.90 Å². The Labute approximate surface area is 151 Å². The minimum Gasteiger partial charge on any atom is -0.340 e. The predicted octanol–water partition coefficient (Wildman–Crippen LogP) is 2.35. The Balaban J connectivity index is 1.33. The Hall–Kier alpha value is -2.05. The van der Waals surface area contributed by atoms with Gasteiger partial charge in [0.15, 0.2) is 0 Å².